The Morgan fingerprint density at radius 1 is 1.36 bits per heavy atom. The Kier molecular flexibility index (Phi) is 2.64. The molecule has 0 aromatic carbocycles. The third-order valence-electron chi connectivity index (χ3n) is 3.20. The van der Waals surface area contributed by atoms with Gasteiger partial charge in [0.25, 0.3) is 0 Å². The highest BCUT2D eigenvalue weighted by molar-refractivity contribution is 5.28. The maximum absolute atomic E-state index is 5.66. The van der Waals surface area contributed by atoms with Gasteiger partial charge in [-0.1, -0.05) is 0 Å². The van der Waals surface area contributed by atoms with E-state index >= 15 is 0 Å². The molecular weight excluding hydrogens is 174 g/mol. The number of aryl methyl sites for hydroxylation is 1. The lowest BCUT2D eigenvalue weighted by atomic mass is 10.2. The van der Waals surface area contributed by atoms with Gasteiger partial charge < -0.3 is 9.30 Å². The summed E-state index contributed by atoms with van der Waals surface area (Å²) in [5.74, 6) is 0.855. The molecular formula is C12H19NO. The zero-order chi connectivity index (χ0) is 10.1. The van der Waals surface area contributed by atoms with Crippen molar-refractivity contribution in [3.8, 4) is 0 Å². The summed E-state index contributed by atoms with van der Waals surface area (Å²) in [5.41, 5.74) is 4.08. The lowest BCUT2D eigenvalue weighted by Gasteiger charge is -2.07. The van der Waals surface area contributed by atoms with Gasteiger partial charge in [-0.25, -0.2) is 0 Å². The molecule has 1 heterocycles. The third-order valence-corrected chi connectivity index (χ3v) is 3.20. The molecule has 0 spiro atoms. The standard InChI is InChI=1S/C12H19NO/c1-9-6-13(11(3)10(9)2)8-14-7-12-4-5-12/h6,12H,4-5,7-8H2,1-3H3. The van der Waals surface area contributed by atoms with Gasteiger partial charge in [0.1, 0.15) is 6.73 Å². The number of rotatable bonds is 4. The Bertz CT molecular complexity index is 323. The van der Waals surface area contributed by atoms with Crippen molar-refractivity contribution in [1.29, 1.82) is 0 Å². The first kappa shape index (κ1) is 9.78. The van der Waals surface area contributed by atoms with Crippen molar-refractivity contribution in [1.82, 2.24) is 4.57 Å². The van der Waals surface area contributed by atoms with Gasteiger partial charge in [0.15, 0.2) is 0 Å². The average molecular weight is 193 g/mol. The molecule has 2 rings (SSSR count). The molecule has 0 saturated heterocycles. The summed E-state index contributed by atoms with van der Waals surface area (Å²) in [7, 11) is 0. The van der Waals surface area contributed by atoms with Crippen LogP contribution in [0.2, 0.25) is 0 Å². The molecule has 78 valence electrons. The second kappa shape index (κ2) is 3.77. The Morgan fingerprint density at radius 2 is 2.07 bits per heavy atom. The van der Waals surface area contributed by atoms with Crippen LogP contribution in [0.3, 0.4) is 0 Å². The van der Waals surface area contributed by atoms with Gasteiger partial charge in [-0.3, -0.25) is 0 Å². The van der Waals surface area contributed by atoms with Crippen LogP contribution in [0.5, 0.6) is 0 Å². The number of aromatic nitrogens is 1. The van der Waals surface area contributed by atoms with E-state index in [1.807, 2.05) is 0 Å². The summed E-state index contributed by atoms with van der Waals surface area (Å²) in [4.78, 5) is 0. The van der Waals surface area contributed by atoms with Crippen molar-refractivity contribution in [2.75, 3.05) is 6.61 Å². The maximum atomic E-state index is 5.66. The molecule has 1 aromatic heterocycles. The Morgan fingerprint density at radius 3 is 2.57 bits per heavy atom. The van der Waals surface area contributed by atoms with E-state index in [9.17, 15) is 0 Å². The van der Waals surface area contributed by atoms with Gasteiger partial charge in [0.2, 0.25) is 0 Å². The van der Waals surface area contributed by atoms with Gasteiger partial charge in [-0.15, -0.1) is 0 Å². The topological polar surface area (TPSA) is 14.2 Å². The second-order valence-corrected chi connectivity index (χ2v) is 4.44. The van der Waals surface area contributed by atoms with Crippen molar-refractivity contribution < 1.29 is 4.74 Å². The highest BCUT2D eigenvalue weighted by Crippen LogP contribution is 2.29. The molecule has 1 aromatic rings. The molecule has 0 aliphatic heterocycles. The van der Waals surface area contributed by atoms with Crippen molar-refractivity contribution in [2.24, 2.45) is 5.92 Å². The fourth-order valence-corrected chi connectivity index (χ4v) is 1.66. The summed E-state index contributed by atoms with van der Waals surface area (Å²) in [6, 6.07) is 0. The van der Waals surface area contributed by atoms with Gasteiger partial charge in [-0.05, 0) is 50.7 Å². The minimum Gasteiger partial charge on any atom is -0.361 e. The SMILES string of the molecule is Cc1cn(COCC2CC2)c(C)c1C. The molecule has 2 heteroatoms. The van der Waals surface area contributed by atoms with Crippen LogP contribution in [0.25, 0.3) is 0 Å². The highest BCUT2D eigenvalue weighted by atomic mass is 16.5. The summed E-state index contributed by atoms with van der Waals surface area (Å²) in [5, 5.41) is 0. The fraction of sp³-hybridized carbons (Fsp3) is 0.667. The predicted molar refractivity (Wildman–Crippen MR) is 57.3 cm³/mol. The van der Waals surface area contributed by atoms with Crippen LogP contribution in [0.1, 0.15) is 29.7 Å². The van der Waals surface area contributed by atoms with Crippen molar-refractivity contribution >= 4 is 0 Å². The highest BCUT2D eigenvalue weighted by Gasteiger charge is 2.21. The first-order valence-electron chi connectivity index (χ1n) is 5.39. The molecule has 0 N–H and O–H groups in total. The van der Waals surface area contributed by atoms with Crippen LogP contribution in [0.4, 0.5) is 0 Å². The normalized spacial score (nSPS) is 16.2. The molecule has 0 amide bonds. The van der Waals surface area contributed by atoms with E-state index < -0.39 is 0 Å². The Labute approximate surface area is 85.9 Å². The Hall–Kier alpha value is -0.760. The lowest BCUT2D eigenvalue weighted by Crippen LogP contribution is -2.05. The minimum atomic E-state index is 0.719. The van der Waals surface area contributed by atoms with Gasteiger partial charge in [0, 0.05) is 11.9 Å². The molecule has 1 saturated carbocycles. The number of hydrogen-bond donors (Lipinski definition) is 0. The summed E-state index contributed by atoms with van der Waals surface area (Å²) >= 11 is 0. The molecule has 0 radical (unpaired) electrons. The zero-order valence-corrected chi connectivity index (χ0v) is 9.34. The van der Waals surface area contributed by atoms with Crippen LogP contribution >= 0.6 is 0 Å². The number of nitrogens with zero attached hydrogens (tertiary/aromatic N) is 1. The van der Waals surface area contributed by atoms with Gasteiger partial charge >= 0.3 is 0 Å². The molecule has 1 aliphatic carbocycles. The van der Waals surface area contributed by atoms with E-state index in [1.165, 1.54) is 29.7 Å². The average Bonchev–Trinajstić information content (AvgIpc) is 2.93. The quantitative estimate of drug-likeness (QED) is 0.717. The first-order chi connectivity index (χ1) is 6.68. The van der Waals surface area contributed by atoms with Crippen LogP contribution in [-0.4, -0.2) is 11.2 Å². The van der Waals surface area contributed by atoms with Crippen LogP contribution in [0.15, 0.2) is 6.20 Å². The zero-order valence-electron chi connectivity index (χ0n) is 9.34. The molecule has 0 atom stereocenters. The van der Waals surface area contributed by atoms with E-state index in [1.54, 1.807) is 0 Å². The summed E-state index contributed by atoms with van der Waals surface area (Å²) < 4.78 is 7.86. The monoisotopic (exact) mass is 193 g/mol. The Balaban J connectivity index is 1.90. The molecule has 14 heavy (non-hydrogen) atoms. The second-order valence-electron chi connectivity index (χ2n) is 4.44. The van der Waals surface area contributed by atoms with E-state index in [4.69, 9.17) is 4.74 Å². The molecule has 2 nitrogen and oxygen atoms in total. The van der Waals surface area contributed by atoms with E-state index in [2.05, 4.69) is 31.5 Å². The number of ether oxygens (including phenoxy) is 1. The van der Waals surface area contributed by atoms with E-state index in [0.717, 1.165) is 19.3 Å². The number of hydrogen-bond acceptors (Lipinski definition) is 1. The van der Waals surface area contributed by atoms with Crippen LogP contribution < -0.4 is 0 Å². The summed E-state index contributed by atoms with van der Waals surface area (Å²) in [6.45, 7) is 8.14. The minimum absolute atomic E-state index is 0.719. The van der Waals surface area contributed by atoms with E-state index in [-0.39, 0.29) is 0 Å². The van der Waals surface area contributed by atoms with Gasteiger partial charge in [-0.2, -0.15) is 0 Å². The van der Waals surface area contributed by atoms with Crippen molar-refractivity contribution in [3.05, 3.63) is 23.0 Å². The van der Waals surface area contributed by atoms with Crippen molar-refractivity contribution in [2.45, 2.75) is 40.3 Å². The van der Waals surface area contributed by atoms with Crippen molar-refractivity contribution in [3.63, 3.8) is 0 Å². The lowest BCUT2D eigenvalue weighted by molar-refractivity contribution is 0.0680. The molecule has 0 bridgehead atoms. The summed E-state index contributed by atoms with van der Waals surface area (Å²) in [6.07, 6.45) is 4.91. The first-order valence-corrected chi connectivity index (χ1v) is 5.39. The molecule has 0 unspecified atom stereocenters. The largest absolute Gasteiger partial charge is 0.361 e. The maximum Gasteiger partial charge on any atom is 0.122 e. The third kappa shape index (κ3) is 2.01. The van der Waals surface area contributed by atoms with E-state index in [0.29, 0.717) is 0 Å². The smallest absolute Gasteiger partial charge is 0.122 e. The van der Waals surface area contributed by atoms with Crippen LogP contribution in [0, 0.1) is 26.7 Å². The molecule has 1 aliphatic rings. The van der Waals surface area contributed by atoms with Crippen LogP contribution in [-0.2, 0) is 11.5 Å². The predicted octanol–water partition coefficient (Wildman–Crippen LogP) is 2.80. The molecule has 1 fully saturated rings. The van der Waals surface area contributed by atoms with Gasteiger partial charge in [0.05, 0.1) is 6.61 Å². The fourth-order valence-electron chi connectivity index (χ4n) is 1.66.